The molecule has 1 aliphatic carbocycles. The van der Waals surface area contributed by atoms with E-state index in [0.29, 0.717) is 12.4 Å². The summed E-state index contributed by atoms with van der Waals surface area (Å²) < 4.78 is 2.17. The van der Waals surface area contributed by atoms with Gasteiger partial charge in [0.1, 0.15) is 11.3 Å². The van der Waals surface area contributed by atoms with E-state index in [9.17, 15) is 5.11 Å². The number of nitrogen functional groups attached to an aromatic ring is 1. The first-order chi connectivity index (χ1) is 10.3. The Morgan fingerprint density at radius 3 is 2.81 bits per heavy atom. The fourth-order valence-corrected chi connectivity index (χ4v) is 3.32. The average molecular weight is 288 g/mol. The molecule has 0 aliphatic heterocycles. The Hall–Kier alpha value is -1.62. The summed E-state index contributed by atoms with van der Waals surface area (Å²) in [6, 6.07) is 0. The second-order valence-corrected chi connectivity index (χ2v) is 5.83. The first-order valence-electron chi connectivity index (χ1n) is 8.03. The van der Waals surface area contributed by atoms with Crippen molar-refractivity contribution in [3.63, 3.8) is 0 Å². The standard InChI is InChI=1S/C16H24N4O/c1-2-3-8-13-19-14-15(20(13)9-10-21)11-6-4-5-7-12(11)18-16(14)17/h21H,2-10H2,1H3,(H2,17,18). The molecule has 3 rings (SSSR count). The van der Waals surface area contributed by atoms with E-state index in [1.54, 1.807) is 0 Å². The summed E-state index contributed by atoms with van der Waals surface area (Å²) in [4.78, 5) is 9.32. The second kappa shape index (κ2) is 6.02. The number of fused-ring (bicyclic) bond motifs is 3. The topological polar surface area (TPSA) is 77.0 Å². The summed E-state index contributed by atoms with van der Waals surface area (Å²) in [5, 5.41) is 9.43. The molecule has 3 N–H and O–H groups in total. The number of pyridine rings is 1. The van der Waals surface area contributed by atoms with E-state index in [1.165, 1.54) is 18.4 Å². The number of rotatable bonds is 5. The summed E-state index contributed by atoms with van der Waals surface area (Å²) in [6.07, 6.45) is 7.59. The van der Waals surface area contributed by atoms with Gasteiger partial charge in [0.25, 0.3) is 0 Å². The number of aliphatic hydroxyl groups excluding tert-OH is 1. The predicted octanol–water partition coefficient (Wildman–Crippen LogP) is 2.23. The van der Waals surface area contributed by atoms with Crippen LogP contribution in [-0.4, -0.2) is 26.2 Å². The predicted molar refractivity (Wildman–Crippen MR) is 84.3 cm³/mol. The molecule has 0 unspecified atom stereocenters. The van der Waals surface area contributed by atoms with Gasteiger partial charge in [0.05, 0.1) is 12.1 Å². The van der Waals surface area contributed by atoms with Crippen molar-refractivity contribution in [3.05, 3.63) is 17.1 Å². The van der Waals surface area contributed by atoms with Gasteiger partial charge in [-0.3, -0.25) is 0 Å². The van der Waals surface area contributed by atoms with Gasteiger partial charge in [0.2, 0.25) is 0 Å². The number of hydrogen-bond donors (Lipinski definition) is 2. The highest BCUT2D eigenvalue weighted by Gasteiger charge is 2.22. The summed E-state index contributed by atoms with van der Waals surface area (Å²) in [7, 11) is 0. The molecular formula is C16H24N4O. The molecule has 0 fully saturated rings. The smallest absolute Gasteiger partial charge is 0.151 e. The highest BCUT2D eigenvalue weighted by atomic mass is 16.3. The van der Waals surface area contributed by atoms with E-state index in [-0.39, 0.29) is 6.61 Å². The molecule has 5 heteroatoms. The van der Waals surface area contributed by atoms with Crippen molar-refractivity contribution < 1.29 is 5.11 Å². The van der Waals surface area contributed by atoms with Crippen molar-refractivity contribution in [2.45, 2.75) is 58.4 Å². The van der Waals surface area contributed by atoms with Gasteiger partial charge in [-0.05, 0) is 37.7 Å². The molecule has 114 valence electrons. The molecule has 1 aliphatic rings. The van der Waals surface area contributed by atoms with Crippen LogP contribution in [0.4, 0.5) is 5.82 Å². The van der Waals surface area contributed by atoms with E-state index < -0.39 is 0 Å². The Morgan fingerprint density at radius 1 is 1.24 bits per heavy atom. The fraction of sp³-hybridized carbons (Fsp3) is 0.625. The zero-order chi connectivity index (χ0) is 14.8. The van der Waals surface area contributed by atoms with Crippen LogP contribution in [0.2, 0.25) is 0 Å². The van der Waals surface area contributed by atoms with Crippen molar-refractivity contribution >= 4 is 16.9 Å². The van der Waals surface area contributed by atoms with Crippen molar-refractivity contribution in [1.29, 1.82) is 0 Å². The Kier molecular flexibility index (Phi) is 4.10. The number of aryl methyl sites for hydroxylation is 3. The van der Waals surface area contributed by atoms with Gasteiger partial charge in [-0.1, -0.05) is 13.3 Å². The number of unbranched alkanes of at least 4 members (excludes halogenated alkanes) is 1. The number of nitrogens with two attached hydrogens (primary N) is 1. The third-order valence-electron chi connectivity index (χ3n) is 4.35. The molecule has 0 saturated heterocycles. The van der Waals surface area contributed by atoms with Crippen LogP contribution in [0, 0.1) is 0 Å². The van der Waals surface area contributed by atoms with E-state index in [2.05, 4.69) is 16.5 Å². The Morgan fingerprint density at radius 2 is 2.05 bits per heavy atom. The molecular weight excluding hydrogens is 264 g/mol. The van der Waals surface area contributed by atoms with Gasteiger partial charge < -0.3 is 15.4 Å². The van der Waals surface area contributed by atoms with Crippen LogP contribution in [-0.2, 0) is 25.8 Å². The maximum absolute atomic E-state index is 9.43. The maximum atomic E-state index is 9.43. The van der Waals surface area contributed by atoms with E-state index in [4.69, 9.17) is 10.7 Å². The molecule has 0 radical (unpaired) electrons. The average Bonchev–Trinajstić information content (AvgIpc) is 2.85. The molecule has 0 bridgehead atoms. The van der Waals surface area contributed by atoms with Crippen molar-refractivity contribution in [1.82, 2.24) is 14.5 Å². The lowest BCUT2D eigenvalue weighted by Crippen LogP contribution is -2.12. The molecule has 0 spiro atoms. The molecule has 2 aromatic rings. The van der Waals surface area contributed by atoms with Crippen molar-refractivity contribution in [2.24, 2.45) is 0 Å². The number of aliphatic hydroxyl groups is 1. The normalized spacial score (nSPS) is 14.6. The third-order valence-corrected chi connectivity index (χ3v) is 4.35. The minimum absolute atomic E-state index is 0.127. The fourth-order valence-electron chi connectivity index (χ4n) is 3.32. The number of anilines is 1. The molecule has 2 aromatic heterocycles. The third kappa shape index (κ3) is 2.50. The number of aromatic nitrogens is 3. The first kappa shape index (κ1) is 14.3. The molecule has 2 heterocycles. The van der Waals surface area contributed by atoms with E-state index >= 15 is 0 Å². The van der Waals surface area contributed by atoms with Crippen LogP contribution >= 0.6 is 0 Å². The highest BCUT2D eigenvalue weighted by Crippen LogP contribution is 2.31. The van der Waals surface area contributed by atoms with Crippen LogP contribution in [0.25, 0.3) is 11.0 Å². The summed E-state index contributed by atoms with van der Waals surface area (Å²) >= 11 is 0. The Bertz CT molecular complexity index is 647. The van der Waals surface area contributed by atoms with E-state index in [0.717, 1.165) is 54.7 Å². The van der Waals surface area contributed by atoms with Gasteiger partial charge in [-0.2, -0.15) is 0 Å². The van der Waals surface area contributed by atoms with E-state index in [1.807, 2.05) is 0 Å². The van der Waals surface area contributed by atoms with Crippen LogP contribution in [0.1, 0.15) is 49.7 Å². The van der Waals surface area contributed by atoms with Crippen LogP contribution < -0.4 is 5.73 Å². The molecule has 5 nitrogen and oxygen atoms in total. The number of imidazole rings is 1. The summed E-state index contributed by atoms with van der Waals surface area (Å²) in [6.45, 7) is 2.89. The molecule has 0 amide bonds. The van der Waals surface area contributed by atoms with Crippen LogP contribution in [0.15, 0.2) is 0 Å². The van der Waals surface area contributed by atoms with Gasteiger partial charge in [-0.25, -0.2) is 9.97 Å². The van der Waals surface area contributed by atoms with Crippen molar-refractivity contribution in [2.75, 3.05) is 12.3 Å². The lowest BCUT2D eigenvalue weighted by molar-refractivity contribution is 0.276. The molecule has 0 aromatic carbocycles. The lowest BCUT2D eigenvalue weighted by Gasteiger charge is -2.18. The summed E-state index contributed by atoms with van der Waals surface area (Å²) in [5.74, 6) is 1.58. The monoisotopic (exact) mass is 288 g/mol. The quantitative estimate of drug-likeness (QED) is 0.884. The Labute approximate surface area is 125 Å². The van der Waals surface area contributed by atoms with Crippen molar-refractivity contribution in [3.8, 4) is 0 Å². The van der Waals surface area contributed by atoms with Gasteiger partial charge >= 0.3 is 0 Å². The van der Waals surface area contributed by atoms with Gasteiger partial charge in [-0.15, -0.1) is 0 Å². The number of hydrogen-bond acceptors (Lipinski definition) is 4. The first-order valence-corrected chi connectivity index (χ1v) is 8.03. The number of nitrogens with zero attached hydrogens (tertiary/aromatic N) is 3. The largest absolute Gasteiger partial charge is 0.395 e. The van der Waals surface area contributed by atoms with Crippen LogP contribution in [0.5, 0.6) is 0 Å². The zero-order valence-corrected chi connectivity index (χ0v) is 12.7. The maximum Gasteiger partial charge on any atom is 0.151 e. The minimum atomic E-state index is 0.127. The highest BCUT2D eigenvalue weighted by molar-refractivity contribution is 5.89. The minimum Gasteiger partial charge on any atom is -0.395 e. The molecule has 0 atom stereocenters. The van der Waals surface area contributed by atoms with Crippen LogP contribution in [0.3, 0.4) is 0 Å². The summed E-state index contributed by atoms with van der Waals surface area (Å²) in [5.41, 5.74) is 10.5. The molecule has 21 heavy (non-hydrogen) atoms. The second-order valence-electron chi connectivity index (χ2n) is 5.83. The zero-order valence-electron chi connectivity index (χ0n) is 12.7. The lowest BCUT2D eigenvalue weighted by atomic mass is 9.95. The Balaban J connectivity index is 2.21. The van der Waals surface area contributed by atoms with Gasteiger partial charge in [0, 0.05) is 18.7 Å². The molecule has 0 saturated carbocycles. The van der Waals surface area contributed by atoms with Gasteiger partial charge in [0.15, 0.2) is 5.82 Å². The SMILES string of the molecule is CCCCc1nc2c(N)nc3c(c2n1CCO)CCCC3.